The third-order valence-electron chi connectivity index (χ3n) is 4.34. The van der Waals surface area contributed by atoms with Crippen molar-refractivity contribution in [2.45, 2.75) is 26.2 Å². The molecule has 0 spiro atoms. The lowest BCUT2D eigenvalue weighted by atomic mass is 9.98. The predicted octanol–water partition coefficient (Wildman–Crippen LogP) is 4.30. The zero-order chi connectivity index (χ0) is 15.0. The molecule has 2 unspecified atom stereocenters. The lowest BCUT2D eigenvalue weighted by Gasteiger charge is -2.09. The number of ether oxygens (including phenoxy) is 1. The van der Waals surface area contributed by atoms with E-state index >= 15 is 0 Å². The minimum absolute atomic E-state index is 0.0989. The van der Waals surface area contributed by atoms with Crippen LogP contribution in [-0.2, 0) is 0 Å². The Morgan fingerprint density at radius 1 is 1.14 bits per heavy atom. The molecule has 21 heavy (non-hydrogen) atoms. The molecule has 0 aromatic heterocycles. The summed E-state index contributed by atoms with van der Waals surface area (Å²) in [6, 6.07) is 14.1. The Labute approximate surface area is 125 Å². The number of aryl methyl sites for hydroxylation is 2. The van der Waals surface area contributed by atoms with Gasteiger partial charge in [-0.2, -0.15) is 0 Å². The fourth-order valence-electron chi connectivity index (χ4n) is 3.05. The standard InChI is InChI=1S/C19H20O2/c1-12-8-9-18(21-3)17(10-12)19(20)16-11-15(16)14-7-5-4-6-13(14)2/h4-10,15-16H,11H2,1-3H3. The fourth-order valence-corrected chi connectivity index (χ4v) is 3.05. The molecule has 2 nitrogen and oxygen atoms in total. The molecule has 0 saturated heterocycles. The number of hydrogen-bond acceptors (Lipinski definition) is 2. The van der Waals surface area contributed by atoms with E-state index in [0.29, 0.717) is 11.7 Å². The highest BCUT2D eigenvalue weighted by Crippen LogP contribution is 2.50. The molecule has 0 aliphatic heterocycles. The van der Waals surface area contributed by atoms with Crippen LogP contribution in [0.25, 0.3) is 0 Å². The molecule has 2 heteroatoms. The smallest absolute Gasteiger partial charge is 0.170 e. The number of rotatable bonds is 4. The molecule has 1 aliphatic carbocycles. The number of carbonyl (C=O) groups excluding carboxylic acids is 1. The van der Waals surface area contributed by atoms with Gasteiger partial charge in [0.05, 0.1) is 12.7 Å². The first kappa shape index (κ1) is 13.9. The number of methoxy groups -OCH3 is 1. The molecule has 0 N–H and O–H groups in total. The van der Waals surface area contributed by atoms with Gasteiger partial charge >= 0.3 is 0 Å². The third-order valence-corrected chi connectivity index (χ3v) is 4.34. The van der Waals surface area contributed by atoms with Gasteiger partial charge in [-0.1, -0.05) is 35.9 Å². The average Bonchev–Trinajstić information content (AvgIpc) is 3.27. The second-order valence-electron chi connectivity index (χ2n) is 5.87. The number of hydrogen-bond donors (Lipinski definition) is 0. The Kier molecular flexibility index (Phi) is 3.54. The predicted molar refractivity (Wildman–Crippen MR) is 84.1 cm³/mol. The van der Waals surface area contributed by atoms with Crippen LogP contribution in [0.1, 0.15) is 39.4 Å². The number of ketones is 1. The summed E-state index contributed by atoms with van der Waals surface area (Å²) in [5.74, 6) is 1.36. The first-order valence-electron chi connectivity index (χ1n) is 7.36. The maximum absolute atomic E-state index is 12.8. The summed E-state index contributed by atoms with van der Waals surface area (Å²) in [5.41, 5.74) is 4.39. The van der Waals surface area contributed by atoms with E-state index in [1.54, 1.807) is 7.11 Å². The minimum atomic E-state index is 0.0989. The average molecular weight is 280 g/mol. The van der Waals surface area contributed by atoms with Gasteiger partial charge in [0.1, 0.15) is 5.75 Å². The van der Waals surface area contributed by atoms with Gasteiger partial charge in [-0.3, -0.25) is 4.79 Å². The Balaban J connectivity index is 1.86. The molecule has 2 aromatic carbocycles. The third kappa shape index (κ3) is 2.58. The molecule has 108 valence electrons. The molecule has 1 saturated carbocycles. The van der Waals surface area contributed by atoms with E-state index in [1.165, 1.54) is 11.1 Å². The lowest BCUT2D eigenvalue weighted by Crippen LogP contribution is -2.06. The summed E-state index contributed by atoms with van der Waals surface area (Å²) in [5, 5.41) is 0. The zero-order valence-electron chi connectivity index (χ0n) is 12.7. The van der Waals surface area contributed by atoms with Crippen LogP contribution in [0.4, 0.5) is 0 Å². The normalized spacial score (nSPS) is 20.1. The van der Waals surface area contributed by atoms with Gasteiger partial charge in [0, 0.05) is 5.92 Å². The quantitative estimate of drug-likeness (QED) is 0.781. The van der Waals surface area contributed by atoms with Gasteiger partial charge in [-0.15, -0.1) is 0 Å². The van der Waals surface area contributed by atoms with Crippen LogP contribution in [0.5, 0.6) is 5.75 Å². The van der Waals surface area contributed by atoms with Gasteiger partial charge in [0.15, 0.2) is 5.78 Å². The summed E-state index contributed by atoms with van der Waals surface area (Å²) < 4.78 is 5.34. The van der Waals surface area contributed by atoms with E-state index in [9.17, 15) is 4.79 Å². The number of Topliss-reactive ketones (excluding diaryl/α,β-unsaturated/α-hetero) is 1. The second kappa shape index (κ2) is 5.36. The Morgan fingerprint density at radius 3 is 2.62 bits per heavy atom. The highest BCUT2D eigenvalue weighted by molar-refractivity contribution is 6.02. The van der Waals surface area contributed by atoms with E-state index in [0.717, 1.165) is 17.5 Å². The molecule has 2 aromatic rings. The van der Waals surface area contributed by atoms with E-state index in [4.69, 9.17) is 4.74 Å². The topological polar surface area (TPSA) is 26.3 Å². The van der Waals surface area contributed by atoms with Crippen molar-refractivity contribution in [2.75, 3.05) is 7.11 Å². The SMILES string of the molecule is COc1ccc(C)cc1C(=O)C1CC1c1ccccc1C. The lowest BCUT2D eigenvalue weighted by molar-refractivity contribution is 0.0962. The van der Waals surface area contributed by atoms with Crippen molar-refractivity contribution in [2.24, 2.45) is 5.92 Å². The van der Waals surface area contributed by atoms with E-state index in [1.807, 2.05) is 31.2 Å². The van der Waals surface area contributed by atoms with Crippen LogP contribution >= 0.6 is 0 Å². The first-order chi connectivity index (χ1) is 10.1. The summed E-state index contributed by atoms with van der Waals surface area (Å²) >= 11 is 0. The van der Waals surface area contributed by atoms with Crippen LogP contribution in [0, 0.1) is 19.8 Å². The zero-order valence-corrected chi connectivity index (χ0v) is 12.7. The van der Waals surface area contributed by atoms with Crippen molar-refractivity contribution in [3.8, 4) is 5.75 Å². The van der Waals surface area contributed by atoms with Crippen molar-refractivity contribution in [3.05, 3.63) is 64.7 Å². The van der Waals surface area contributed by atoms with Gasteiger partial charge in [-0.05, 0) is 49.4 Å². The van der Waals surface area contributed by atoms with Gasteiger partial charge in [0.2, 0.25) is 0 Å². The molecule has 0 radical (unpaired) electrons. The molecule has 0 heterocycles. The van der Waals surface area contributed by atoms with Crippen molar-refractivity contribution in [1.29, 1.82) is 0 Å². The highest BCUT2D eigenvalue weighted by atomic mass is 16.5. The molecule has 0 bridgehead atoms. The monoisotopic (exact) mass is 280 g/mol. The molecule has 1 aliphatic rings. The Morgan fingerprint density at radius 2 is 1.90 bits per heavy atom. The molecule has 3 rings (SSSR count). The molecule has 2 atom stereocenters. The van der Waals surface area contributed by atoms with Crippen molar-refractivity contribution >= 4 is 5.78 Å². The van der Waals surface area contributed by atoms with Crippen LogP contribution < -0.4 is 4.74 Å². The number of benzene rings is 2. The first-order valence-corrected chi connectivity index (χ1v) is 7.36. The van der Waals surface area contributed by atoms with Gasteiger partial charge < -0.3 is 4.74 Å². The minimum Gasteiger partial charge on any atom is -0.496 e. The van der Waals surface area contributed by atoms with Crippen molar-refractivity contribution < 1.29 is 9.53 Å². The molecule has 1 fully saturated rings. The van der Waals surface area contributed by atoms with Crippen LogP contribution in [0.15, 0.2) is 42.5 Å². The van der Waals surface area contributed by atoms with Gasteiger partial charge in [0.25, 0.3) is 0 Å². The summed E-state index contributed by atoms with van der Waals surface area (Å²) in [6.45, 7) is 4.12. The summed E-state index contributed by atoms with van der Waals surface area (Å²) in [6.07, 6.45) is 0.945. The highest BCUT2D eigenvalue weighted by Gasteiger charge is 2.45. The summed E-state index contributed by atoms with van der Waals surface area (Å²) in [4.78, 5) is 12.8. The molecular weight excluding hydrogens is 260 g/mol. The maximum atomic E-state index is 12.8. The summed E-state index contributed by atoms with van der Waals surface area (Å²) in [7, 11) is 1.62. The molecular formula is C19H20O2. The Bertz CT molecular complexity index is 688. The van der Waals surface area contributed by atoms with E-state index in [-0.39, 0.29) is 11.7 Å². The Hall–Kier alpha value is -2.09. The van der Waals surface area contributed by atoms with E-state index < -0.39 is 0 Å². The van der Waals surface area contributed by atoms with Crippen LogP contribution in [0.2, 0.25) is 0 Å². The maximum Gasteiger partial charge on any atom is 0.170 e. The second-order valence-corrected chi connectivity index (χ2v) is 5.87. The molecule has 0 amide bonds. The van der Waals surface area contributed by atoms with Crippen molar-refractivity contribution in [1.82, 2.24) is 0 Å². The number of carbonyl (C=O) groups is 1. The fraction of sp³-hybridized carbons (Fsp3) is 0.316. The van der Waals surface area contributed by atoms with Crippen molar-refractivity contribution in [3.63, 3.8) is 0 Å². The largest absolute Gasteiger partial charge is 0.496 e. The van der Waals surface area contributed by atoms with E-state index in [2.05, 4.69) is 25.1 Å². The van der Waals surface area contributed by atoms with Gasteiger partial charge in [-0.25, -0.2) is 0 Å². The van der Waals surface area contributed by atoms with Crippen LogP contribution in [0.3, 0.4) is 0 Å². The van der Waals surface area contributed by atoms with Crippen LogP contribution in [-0.4, -0.2) is 12.9 Å².